The van der Waals surface area contributed by atoms with Crippen molar-refractivity contribution in [3.8, 4) is 0 Å². The summed E-state index contributed by atoms with van der Waals surface area (Å²) in [5.41, 5.74) is 5.24. The van der Waals surface area contributed by atoms with Gasteiger partial charge in [0, 0.05) is 12.0 Å². The van der Waals surface area contributed by atoms with Gasteiger partial charge in [-0.1, -0.05) is 13.8 Å². The molecule has 0 unspecified atom stereocenters. The van der Waals surface area contributed by atoms with Gasteiger partial charge in [0.1, 0.15) is 0 Å². The van der Waals surface area contributed by atoms with Crippen LogP contribution in [0.25, 0.3) is 0 Å². The van der Waals surface area contributed by atoms with Crippen LogP contribution in [0.5, 0.6) is 0 Å². The molecule has 0 bridgehead atoms. The molecule has 1 aromatic rings. The van der Waals surface area contributed by atoms with Crippen LogP contribution in [0.15, 0.2) is 12.1 Å². The molecule has 0 aliphatic carbocycles. The average Bonchev–Trinajstić information content (AvgIpc) is 2.13. The smallest absolute Gasteiger partial charge is 0.194 e. The Kier molecular flexibility index (Phi) is 2.85. The van der Waals surface area contributed by atoms with Crippen LogP contribution in [0.1, 0.15) is 19.4 Å². The molecule has 14 heavy (non-hydrogen) atoms. The van der Waals surface area contributed by atoms with Crippen molar-refractivity contribution < 1.29 is 13.2 Å². The van der Waals surface area contributed by atoms with Crippen LogP contribution in [0.4, 0.5) is 13.2 Å². The fourth-order valence-electron chi connectivity index (χ4n) is 1.06. The zero-order valence-electron chi connectivity index (χ0n) is 8.07. The Balaban J connectivity index is 3.26. The van der Waals surface area contributed by atoms with E-state index in [0.29, 0.717) is 5.56 Å². The number of hydrogen-bond acceptors (Lipinski definition) is 1. The van der Waals surface area contributed by atoms with Crippen molar-refractivity contribution in [1.29, 1.82) is 0 Å². The molecule has 78 valence electrons. The van der Waals surface area contributed by atoms with E-state index in [2.05, 4.69) is 0 Å². The fraction of sp³-hybridized carbons (Fsp3) is 0.400. The molecule has 2 N–H and O–H groups in total. The van der Waals surface area contributed by atoms with E-state index in [4.69, 9.17) is 5.73 Å². The summed E-state index contributed by atoms with van der Waals surface area (Å²) in [5, 5.41) is 0. The van der Waals surface area contributed by atoms with Gasteiger partial charge in [-0.15, -0.1) is 0 Å². The van der Waals surface area contributed by atoms with E-state index in [1.165, 1.54) is 0 Å². The summed E-state index contributed by atoms with van der Waals surface area (Å²) in [4.78, 5) is 0. The Hall–Kier alpha value is -1.03. The Bertz CT molecular complexity index is 324. The van der Waals surface area contributed by atoms with Gasteiger partial charge >= 0.3 is 0 Å². The third kappa shape index (κ3) is 1.90. The lowest BCUT2D eigenvalue weighted by molar-refractivity contribution is 0.436. The van der Waals surface area contributed by atoms with Crippen molar-refractivity contribution >= 4 is 0 Å². The fourth-order valence-corrected chi connectivity index (χ4v) is 1.06. The second-order valence-electron chi connectivity index (χ2n) is 3.84. The molecule has 0 aliphatic rings. The van der Waals surface area contributed by atoms with E-state index < -0.39 is 22.9 Å². The zero-order chi connectivity index (χ0) is 10.9. The molecular formula is C10H12F3N. The van der Waals surface area contributed by atoms with Crippen LogP contribution in [0.2, 0.25) is 0 Å². The normalized spacial score (nSPS) is 11.9. The molecule has 0 aliphatic heterocycles. The predicted octanol–water partition coefficient (Wildman–Crippen LogP) is 2.34. The summed E-state index contributed by atoms with van der Waals surface area (Å²) in [7, 11) is 0. The van der Waals surface area contributed by atoms with Gasteiger partial charge < -0.3 is 5.73 Å². The quantitative estimate of drug-likeness (QED) is 0.733. The molecule has 0 spiro atoms. The van der Waals surface area contributed by atoms with Gasteiger partial charge in [-0.25, -0.2) is 13.2 Å². The number of nitrogens with two attached hydrogens (primary N) is 1. The third-order valence-electron chi connectivity index (χ3n) is 2.28. The Labute approximate surface area is 80.7 Å². The van der Waals surface area contributed by atoms with E-state index in [0.717, 1.165) is 12.1 Å². The summed E-state index contributed by atoms with van der Waals surface area (Å²) in [6, 6.07) is 1.95. The number of benzene rings is 1. The molecular weight excluding hydrogens is 191 g/mol. The van der Waals surface area contributed by atoms with Crippen molar-refractivity contribution in [2.45, 2.75) is 19.3 Å². The van der Waals surface area contributed by atoms with Gasteiger partial charge in [-0.05, 0) is 17.7 Å². The van der Waals surface area contributed by atoms with Crippen LogP contribution in [0.3, 0.4) is 0 Å². The molecule has 0 saturated heterocycles. The first-order chi connectivity index (χ1) is 6.38. The molecule has 0 aromatic heterocycles. The van der Waals surface area contributed by atoms with Gasteiger partial charge in [0.15, 0.2) is 17.5 Å². The lowest BCUT2D eigenvalue weighted by atomic mass is 9.85. The minimum atomic E-state index is -1.44. The molecule has 0 fully saturated rings. The first-order valence-electron chi connectivity index (χ1n) is 4.23. The first-order valence-corrected chi connectivity index (χ1v) is 4.23. The molecule has 1 rings (SSSR count). The van der Waals surface area contributed by atoms with Crippen LogP contribution < -0.4 is 5.73 Å². The maximum absolute atomic E-state index is 12.9. The lowest BCUT2D eigenvalue weighted by Crippen LogP contribution is -2.28. The van der Waals surface area contributed by atoms with Crippen LogP contribution in [0, 0.1) is 17.5 Å². The molecule has 0 atom stereocenters. The molecule has 0 saturated carbocycles. The highest BCUT2D eigenvalue weighted by Gasteiger charge is 2.22. The van der Waals surface area contributed by atoms with Crippen molar-refractivity contribution in [3.63, 3.8) is 0 Å². The van der Waals surface area contributed by atoms with E-state index in [1.54, 1.807) is 13.8 Å². The standard InChI is InChI=1S/C10H12F3N/c1-10(2,5-14)6-3-7(11)9(13)8(12)4-6/h3-4H,5,14H2,1-2H3. The molecule has 1 aromatic carbocycles. The highest BCUT2D eigenvalue weighted by Crippen LogP contribution is 2.24. The maximum atomic E-state index is 12.9. The van der Waals surface area contributed by atoms with Crippen molar-refractivity contribution in [2.75, 3.05) is 6.54 Å². The summed E-state index contributed by atoms with van der Waals surface area (Å²) in [6.07, 6.45) is 0. The lowest BCUT2D eigenvalue weighted by Gasteiger charge is -2.23. The molecule has 1 nitrogen and oxygen atoms in total. The highest BCUT2D eigenvalue weighted by molar-refractivity contribution is 5.26. The summed E-state index contributed by atoms with van der Waals surface area (Å²) in [5.74, 6) is -3.80. The monoisotopic (exact) mass is 203 g/mol. The Morgan fingerprint density at radius 3 is 1.93 bits per heavy atom. The molecule has 0 radical (unpaired) electrons. The average molecular weight is 203 g/mol. The molecule has 4 heteroatoms. The van der Waals surface area contributed by atoms with Crippen LogP contribution >= 0.6 is 0 Å². The van der Waals surface area contributed by atoms with Gasteiger partial charge in [0.2, 0.25) is 0 Å². The highest BCUT2D eigenvalue weighted by atomic mass is 19.2. The SMILES string of the molecule is CC(C)(CN)c1cc(F)c(F)c(F)c1. The van der Waals surface area contributed by atoms with Crippen LogP contribution in [-0.4, -0.2) is 6.54 Å². The minimum absolute atomic E-state index is 0.234. The summed E-state index contributed by atoms with van der Waals surface area (Å²) < 4.78 is 38.3. The van der Waals surface area contributed by atoms with E-state index in [1.807, 2.05) is 0 Å². The van der Waals surface area contributed by atoms with E-state index in [9.17, 15) is 13.2 Å². The first kappa shape index (κ1) is 11.0. The van der Waals surface area contributed by atoms with Crippen LogP contribution in [-0.2, 0) is 5.41 Å². The van der Waals surface area contributed by atoms with Gasteiger partial charge in [0.05, 0.1) is 0 Å². The minimum Gasteiger partial charge on any atom is -0.330 e. The van der Waals surface area contributed by atoms with Gasteiger partial charge in [-0.3, -0.25) is 0 Å². The number of halogens is 3. The van der Waals surface area contributed by atoms with Crippen molar-refractivity contribution in [2.24, 2.45) is 5.73 Å². The molecule has 0 heterocycles. The number of hydrogen-bond donors (Lipinski definition) is 1. The van der Waals surface area contributed by atoms with Crippen molar-refractivity contribution in [3.05, 3.63) is 35.1 Å². The van der Waals surface area contributed by atoms with E-state index in [-0.39, 0.29) is 6.54 Å². The topological polar surface area (TPSA) is 26.0 Å². The largest absolute Gasteiger partial charge is 0.330 e. The van der Waals surface area contributed by atoms with Gasteiger partial charge in [0.25, 0.3) is 0 Å². The zero-order valence-corrected chi connectivity index (χ0v) is 8.07. The maximum Gasteiger partial charge on any atom is 0.194 e. The predicted molar refractivity (Wildman–Crippen MR) is 48.4 cm³/mol. The van der Waals surface area contributed by atoms with Gasteiger partial charge in [-0.2, -0.15) is 0 Å². The second-order valence-corrected chi connectivity index (χ2v) is 3.84. The Morgan fingerprint density at radius 1 is 1.14 bits per heavy atom. The Morgan fingerprint density at radius 2 is 1.57 bits per heavy atom. The van der Waals surface area contributed by atoms with E-state index >= 15 is 0 Å². The molecule has 0 amide bonds. The summed E-state index contributed by atoms with van der Waals surface area (Å²) >= 11 is 0. The third-order valence-corrected chi connectivity index (χ3v) is 2.28. The number of rotatable bonds is 2. The van der Waals surface area contributed by atoms with Crippen molar-refractivity contribution in [1.82, 2.24) is 0 Å². The second kappa shape index (κ2) is 3.61. The summed E-state index contributed by atoms with van der Waals surface area (Å²) in [6.45, 7) is 3.70.